The molecule has 0 radical (unpaired) electrons. The van der Waals surface area contributed by atoms with Crippen LogP contribution in [0.25, 0.3) is 0 Å². The summed E-state index contributed by atoms with van der Waals surface area (Å²) >= 11 is 1.32. The molecule has 5 aromatic rings. The molecule has 1 aliphatic rings. The van der Waals surface area contributed by atoms with Gasteiger partial charge in [0.25, 0.3) is 0 Å². The van der Waals surface area contributed by atoms with E-state index in [0.29, 0.717) is 39.9 Å². The molecule has 1 saturated heterocycles. The Morgan fingerprint density at radius 2 is 1.56 bits per heavy atom. The molecule has 244 valence electrons. The van der Waals surface area contributed by atoms with Crippen LogP contribution in [0.2, 0.25) is 0 Å². The molecule has 0 unspecified atom stereocenters. The molecule has 0 saturated carbocycles. The van der Waals surface area contributed by atoms with Crippen LogP contribution in [0, 0.1) is 0 Å². The Labute approximate surface area is 281 Å². The molecular formula is C37H33N3O7S. The molecule has 2 heterocycles. The maximum Gasteiger partial charge on any atom is 0.338 e. The predicted octanol–water partition coefficient (Wildman–Crippen LogP) is 8.05. The van der Waals surface area contributed by atoms with Crippen LogP contribution in [0.5, 0.6) is 11.5 Å². The summed E-state index contributed by atoms with van der Waals surface area (Å²) in [6.07, 6.45) is 0.675. The smallest absolute Gasteiger partial charge is 0.338 e. The summed E-state index contributed by atoms with van der Waals surface area (Å²) in [5.74, 6) is 0.769. The second-order valence-electron chi connectivity index (χ2n) is 11.0. The average molecular weight is 664 g/mol. The number of aliphatic hydroxyl groups excluding tert-OH is 1. The minimum Gasteiger partial charge on any atom is -0.478 e. The molecule has 6 rings (SSSR count). The van der Waals surface area contributed by atoms with Gasteiger partial charge in [0, 0.05) is 35.3 Å². The van der Waals surface area contributed by atoms with Crippen LogP contribution < -0.4 is 15.4 Å². The lowest BCUT2D eigenvalue weighted by Gasteiger charge is -2.36. The molecule has 4 aromatic carbocycles. The van der Waals surface area contributed by atoms with Crippen molar-refractivity contribution in [3.05, 3.63) is 144 Å². The summed E-state index contributed by atoms with van der Waals surface area (Å²) in [5.41, 5.74) is 3.69. The van der Waals surface area contributed by atoms with Crippen LogP contribution in [0.3, 0.4) is 0 Å². The highest BCUT2D eigenvalue weighted by Gasteiger charge is 2.33. The fraction of sp³-hybridized carbons (Fsp3) is 0.162. The van der Waals surface area contributed by atoms with E-state index in [1.54, 1.807) is 48.7 Å². The SMILES string of the molecule is O=C(Nc1ccc(Oc2ccccc2)cc1)Nc1cccc([C@H]2O[C@@H](CSc3ncccc3C(=O)O)C[C@@H](c3ccc(CO)cc3)O2)c1. The first-order valence-corrected chi connectivity index (χ1v) is 16.2. The van der Waals surface area contributed by atoms with E-state index in [-0.39, 0.29) is 24.4 Å². The summed E-state index contributed by atoms with van der Waals surface area (Å²) in [5, 5.41) is 25.2. The Morgan fingerprint density at radius 3 is 2.31 bits per heavy atom. The highest BCUT2D eigenvalue weighted by Crippen LogP contribution is 2.40. The van der Waals surface area contributed by atoms with E-state index in [1.807, 2.05) is 66.7 Å². The number of aromatic carboxylic acids is 1. The van der Waals surface area contributed by atoms with Crippen molar-refractivity contribution in [2.24, 2.45) is 0 Å². The highest BCUT2D eigenvalue weighted by molar-refractivity contribution is 7.99. The van der Waals surface area contributed by atoms with E-state index >= 15 is 0 Å². The number of urea groups is 1. The van der Waals surface area contributed by atoms with E-state index in [0.717, 1.165) is 16.9 Å². The molecule has 1 aliphatic heterocycles. The van der Waals surface area contributed by atoms with Gasteiger partial charge in [-0.3, -0.25) is 0 Å². The van der Waals surface area contributed by atoms with Gasteiger partial charge in [-0.25, -0.2) is 14.6 Å². The van der Waals surface area contributed by atoms with Crippen molar-refractivity contribution in [2.75, 3.05) is 16.4 Å². The molecule has 2 amide bonds. The van der Waals surface area contributed by atoms with Gasteiger partial charge in [0.1, 0.15) is 16.5 Å². The Hall–Kier alpha value is -5.20. The zero-order valence-electron chi connectivity index (χ0n) is 25.7. The number of nitrogens with one attached hydrogen (secondary N) is 2. The third kappa shape index (κ3) is 8.58. The number of carbonyl (C=O) groups is 2. The first-order chi connectivity index (χ1) is 23.4. The van der Waals surface area contributed by atoms with Crippen molar-refractivity contribution >= 4 is 35.1 Å². The van der Waals surface area contributed by atoms with Gasteiger partial charge in [-0.05, 0) is 71.8 Å². The Morgan fingerprint density at radius 1 is 0.812 bits per heavy atom. The predicted molar refractivity (Wildman–Crippen MR) is 182 cm³/mol. The number of aromatic nitrogens is 1. The van der Waals surface area contributed by atoms with Gasteiger partial charge >= 0.3 is 12.0 Å². The molecule has 10 nitrogen and oxygen atoms in total. The second-order valence-corrected chi connectivity index (χ2v) is 12.0. The number of carbonyl (C=O) groups excluding carboxylic acids is 1. The molecule has 1 aromatic heterocycles. The first-order valence-electron chi connectivity index (χ1n) is 15.3. The first kappa shape index (κ1) is 32.7. The number of anilines is 2. The topological polar surface area (TPSA) is 139 Å². The number of carboxylic acids is 1. The Kier molecular flexibility index (Phi) is 10.6. The van der Waals surface area contributed by atoms with Crippen LogP contribution in [-0.4, -0.2) is 39.1 Å². The van der Waals surface area contributed by atoms with Crippen LogP contribution >= 0.6 is 11.8 Å². The fourth-order valence-electron chi connectivity index (χ4n) is 5.15. The summed E-state index contributed by atoms with van der Waals surface area (Å²) in [6.45, 7) is -0.0614. The summed E-state index contributed by atoms with van der Waals surface area (Å²) in [4.78, 5) is 28.9. The number of ether oxygens (including phenoxy) is 3. The van der Waals surface area contributed by atoms with Crippen molar-refractivity contribution in [2.45, 2.75) is 36.6 Å². The van der Waals surface area contributed by atoms with Gasteiger partial charge in [-0.2, -0.15) is 0 Å². The monoisotopic (exact) mass is 663 g/mol. The Bertz CT molecular complexity index is 1840. The number of thioether (sulfide) groups is 1. The normalized spacial score (nSPS) is 17.3. The third-order valence-corrected chi connectivity index (χ3v) is 8.67. The number of pyridine rings is 1. The zero-order chi connectivity index (χ0) is 33.3. The largest absolute Gasteiger partial charge is 0.478 e. The molecule has 11 heteroatoms. The van der Waals surface area contributed by atoms with Crippen LogP contribution in [0.1, 0.15) is 45.9 Å². The minimum absolute atomic E-state index is 0.0614. The number of aliphatic hydroxyl groups is 1. The van der Waals surface area contributed by atoms with Crippen LogP contribution in [0.15, 0.2) is 126 Å². The molecule has 0 aliphatic carbocycles. The molecular weight excluding hydrogens is 630 g/mol. The second kappa shape index (κ2) is 15.6. The number of amides is 2. The summed E-state index contributed by atoms with van der Waals surface area (Å²) in [6, 6.07) is 34.0. The van der Waals surface area contributed by atoms with Gasteiger partial charge in [-0.15, -0.1) is 11.8 Å². The Balaban J connectivity index is 1.13. The zero-order valence-corrected chi connectivity index (χ0v) is 26.5. The maximum absolute atomic E-state index is 12.9. The molecule has 0 spiro atoms. The highest BCUT2D eigenvalue weighted by atomic mass is 32.2. The molecule has 1 fully saturated rings. The molecule has 4 N–H and O–H groups in total. The van der Waals surface area contributed by atoms with Crippen LogP contribution in [-0.2, 0) is 16.1 Å². The maximum atomic E-state index is 12.9. The van der Waals surface area contributed by atoms with Crippen LogP contribution in [0.4, 0.5) is 16.2 Å². The van der Waals surface area contributed by atoms with Crippen molar-refractivity contribution in [1.29, 1.82) is 0 Å². The quantitative estimate of drug-likeness (QED) is 0.103. The number of benzene rings is 4. The van der Waals surface area contributed by atoms with E-state index in [4.69, 9.17) is 14.2 Å². The van der Waals surface area contributed by atoms with Gasteiger partial charge in [0.2, 0.25) is 0 Å². The van der Waals surface area contributed by atoms with Gasteiger partial charge in [0.05, 0.1) is 24.4 Å². The van der Waals surface area contributed by atoms with Crippen molar-refractivity contribution in [3.63, 3.8) is 0 Å². The number of carboxylic acid groups (broad SMARTS) is 1. The number of para-hydroxylation sites is 1. The molecule has 48 heavy (non-hydrogen) atoms. The van der Waals surface area contributed by atoms with Crippen molar-refractivity contribution in [3.8, 4) is 11.5 Å². The van der Waals surface area contributed by atoms with E-state index in [2.05, 4.69) is 15.6 Å². The van der Waals surface area contributed by atoms with Crippen molar-refractivity contribution in [1.82, 2.24) is 4.98 Å². The van der Waals surface area contributed by atoms with Gasteiger partial charge in [0.15, 0.2) is 6.29 Å². The number of nitrogens with zero attached hydrogens (tertiary/aromatic N) is 1. The van der Waals surface area contributed by atoms with E-state index in [9.17, 15) is 19.8 Å². The van der Waals surface area contributed by atoms with E-state index in [1.165, 1.54) is 17.8 Å². The average Bonchev–Trinajstić information content (AvgIpc) is 3.12. The minimum atomic E-state index is -1.04. The van der Waals surface area contributed by atoms with Crippen molar-refractivity contribution < 1.29 is 34.0 Å². The standard InChI is InChI=1S/C37H33N3O7S/c41-22-24-11-13-25(14-12-24)33-21-31(23-48-34-32(35(42)43)10-5-19-38-34)46-36(47-33)26-6-4-7-28(20-26)40-37(44)39-27-15-17-30(18-16-27)45-29-8-2-1-3-9-29/h1-20,31,33,36,41H,21-23H2,(H,42,43)(H2,39,40,44)/t31-,33+,36+/m1/s1. The fourth-order valence-corrected chi connectivity index (χ4v) is 6.16. The lowest BCUT2D eigenvalue weighted by atomic mass is 10.0. The summed E-state index contributed by atoms with van der Waals surface area (Å²) < 4.78 is 18.7. The molecule has 0 bridgehead atoms. The molecule has 3 atom stereocenters. The lowest BCUT2D eigenvalue weighted by molar-refractivity contribution is -0.245. The van der Waals surface area contributed by atoms with E-state index < -0.39 is 18.3 Å². The third-order valence-electron chi connectivity index (χ3n) is 7.53. The van der Waals surface area contributed by atoms with Gasteiger partial charge in [-0.1, -0.05) is 54.6 Å². The number of hydrogen-bond donors (Lipinski definition) is 4. The lowest BCUT2D eigenvalue weighted by Crippen LogP contribution is -2.31. The number of hydrogen-bond acceptors (Lipinski definition) is 8. The summed E-state index contributed by atoms with van der Waals surface area (Å²) in [7, 11) is 0. The number of rotatable bonds is 11. The van der Waals surface area contributed by atoms with Gasteiger partial charge < -0.3 is 35.1 Å².